The van der Waals surface area contributed by atoms with Crippen molar-refractivity contribution in [1.82, 2.24) is 0 Å². The van der Waals surface area contributed by atoms with Gasteiger partial charge >= 0.3 is 23.9 Å². The largest absolute Gasteiger partial charge is 0.390 e. The van der Waals surface area contributed by atoms with E-state index < -0.39 is 45.7 Å². The number of esters is 4. The van der Waals surface area contributed by atoms with Gasteiger partial charge in [0.2, 0.25) is 0 Å². The number of allylic oxidation sites excluding steroid dienone is 2. The number of hydrogen-bond donors (Lipinski definition) is 1. The standard InChI is InChI=1S/C26H42O9S/c1-3-5-7-9-11-13-15-17-19-23(27)34-25(29)21-22(36(31,32)33)26(30)35-24(28)20-18-16-14-12-10-8-6-4-2/h17-20,22H,3-16,21H2,1-2H3,(H,31,32,33). The summed E-state index contributed by atoms with van der Waals surface area (Å²) in [5.74, 6) is -5.13. The van der Waals surface area contributed by atoms with Gasteiger partial charge < -0.3 is 9.47 Å². The molecule has 1 atom stereocenters. The van der Waals surface area contributed by atoms with Gasteiger partial charge in [0.15, 0.2) is 5.25 Å². The number of carbonyl (C=O) groups excluding carboxylic acids is 4. The third-order valence-electron chi connectivity index (χ3n) is 5.35. The van der Waals surface area contributed by atoms with Crippen LogP contribution in [0, 0.1) is 0 Å². The van der Waals surface area contributed by atoms with E-state index in [9.17, 15) is 32.1 Å². The van der Waals surface area contributed by atoms with Crippen molar-refractivity contribution in [3.63, 3.8) is 0 Å². The lowest BCUT2D eigenvalue weighted by molar-refractivity contribution is -0.161. The van der Waals surface area contributed by atoms with E-state index in [0.29, 0.717) is 12.8 Å². The first-order valence-electron chi connectivity index (χ1n) is 12.9. The highest BCUT2D eigenvalue weighted by Crippen LogP contribution is 2.11. The molecule has 0 aromatic rings. The molecule has 0 fully saturated rings. The van der Waals surface area contributed by atoms with E-state index in [1.54, 1.807) is 6.08 Å². The Morgan fingerprint density at radius 3 is 1.56 bits per heavy atom. The third kappa shape index (κ3) is 18.9. The maximum Gasteiger partial charge on any atom is 0.338 e. The van der Waals surface area contributed by atoms with Crippen molar-refractivity contribution in [2.45, 2.75) is 115 Å². The number of carbonyl (C=O) groups is 4. The van der Waals surface area contributed by atoms with Crippen molar-refractivity contribution in [1.29, 1.82) is 0 Å². The average Bonchev–Trinajstić information content (AvgIpc) is 2.80. The molecule has 206 valence electrons. The van der Waals surface area contributed by atoms with E-state index in [0.717, 1.165) is 76.4 Å². The summed E-state index contributed by atoms with van der Waals surface area (Å²) in [6, 6.07) is 0. The van der Waals surface area contributed by atoms with E-state index in [-0.39, 0.29) is 0 Å². The highest BCUT2D eigenvalue weighted by atomic mass is 32.2. The molecule has 0 rings (SSSR count). The van der Waals surface area contributed by atoms with Gasteiger partial charge in [0.1, 0.15) is 0 Å². The van der Waals surface area contributed by atoms with Crippen LogP contribution >= 0.6 is 0 Å². The number of rotatable bonds is 20. The van der Waals surface area contributed by atoms with Crippen molar-refractivity contribution in [2.24, 2.45) is 0 Å². The van der Waals surface area contributed by atoms with E-state index in [2.05, 4.69) is 23.3 Å². The average molecular weight is 531 g/mol. The van der Waals surface area contributed by atoms with Crippen LogP contribution in [-0.4, -0.2) is 42.1 Å². The first-order valence-corrected chi connectivity index (χ1v) is 14.4. The lowest BCUT2D eigenvalue weighted by atomic mass is 10.1. The first kappa shape index (κ1) is 33.7. The SMILES string of the molecule is CCCCCCCCC=CC(=O)OC(=O)CC(C(=O)OC(=O)C=CCCCCCCCC)S(=O)(=O)O. The minimum Gasteiger partial charge on any atom is -0.390 e. The predicted octanol–water partition coefficient (Wildman–Crippen LogP) is 5.39. The van der Waals surface area contributed by atoms with Gasteiger partial charge in [-0.3, -0.25) is 14.1 Å². The molecule has 0 heterocycles. The third-order valence-corrected chi connectivity index (χ3v) is 6.42. The molecule has 9 nitrogen and oxygen atoms in total. The Labute approximate surface area is 215 Å². The van der Waals surface area contributed by atoms with Crippen LogP contribution in [0.25, 0.3) is 0 Å². The van der Waals surface area contributed by atoms with Crippen LogP contribution in [0.3, 0.4) is 0 Å². The number of ether oxygens (including phenoxy) is 2. The zero-order valence-corrected chi connectivity index (χ0v) is 22.4. The second-order valence-corrected chi connectivity index (χ2v) is 10.3. The summed E-state index contributed by atoms with van der Waals surface area (Å²) in [6.07, 6.45) is 18.0. The molecule has 0 aliphatic carbocycles. The molecule has 0 saturated carbocycles. The second-order valence-electron chi connectivity index (χ2n) is 8.66. The van der Waals surface area contributed by atoms with Crippen LogP contribution in [0.4, 0.5) is 0 Å². The Morgan fingerprint density at radius 1 is 0.694 bits per heavy atom. The summed E-state index contributed by atoms with van der Waals surface area (Å²) in [7, 11) is -5.10. The maximum atomic E-state index is 12.1. The summed E-state index contributed by atoms with van der Waals surface area (Å²) in [5.41, 5.74) is 0. The molecule has 0 aromatic heterocycles. The molecule has 0 radical (unpaired) electrons. The second kappa shape index (κ2) is 20.8. The maximum absolute atomic E-state index is 12.1. The Bertz CT molecular complexity index is 828. The van der Waals surface area contributed by atoms with Gasteiger partial charge in [-0.25, -0.2) is 9.59 Å². The summed E-state index contributed by atoms with van der Waals surface area (Å²) < 4.78 is 41.3. The molecule has 1 unspecified atom stereocenters. The van der Waals surface area contributed by atoms with E-state index in [4.69, 9.17) is 0 Å². The Hall–Kier alpha value is -2.33. The highest BCUT2D eigenvalue weighted by Gasteiger charge is 2.37. The fourth-order valence-corrected chi connectivity index (χ4v) is 3.93. The molecular weight excluding hydrogens is 488 g/mol. The topological polar surface area (TPSA) is 141 Å². The van der Waals surface area contributed by atoms with E-state index >= 15 is 0 Å². The van der Waals surface area contributed by atoms with Crippen LogP contribution in [0.1, 0.15) is 110 Å². The Kier molecular flexibility index (Phi) is 19.5. The first-order chi connectivity index (χ1) is 17.1. The Balaban J connectivity index is 4.50. The van der Waals surface area contributed by atoms with Crippen LogP contribution in [-0.2, 0) is 38.8 Å². The van der Waals surface area contributed by atoms with E-state index in [1.807, 2.05) is 0 Å². The van der Waals surface area contributed by atoms with Crippen molar-refractivity contribution < 1.29 is 41.6 Å². The van der Waals surface area contributed by atoms with Crippen LogP contribution in [0.2, 0.25) is 0 Å². The van der Waals surface area contributed by atoms with Crippen LogP contribution in [0.5, 0.6) is 0 Å². The number of unbranched alkanes of at least 4 members (excludes halogenated alkanes) is 12. The molecule has 0 spiro atoms. The summed E-state index contributed by atoms with van der Waals surface area (Å²) in [6.45, 7) is 4.26. The van der Waals surface area contributed by atoms with Gasteiger partial charge in [-0.05, 0) is 25.7 Å². The molecule has 10 heteroatoms. The predicted molar refractivity (Wildman–Crippen MR) is 136 cm³/mol. The van der Waals surface area contributed by atoms with Gasteiger partial charge in [-0.2, -0.15) is 8.42 Å². The van der Waals surface area contributed by atoms with Gasteiger partial charge in [-0.15, -0.1) is 0 Å². The van der Waals surface area contributed by atoms with E-state index in [1.165, 1.54) is 18.9 Å². The lowest BCUT2D eigenvalue weighted by Crippen LogP contribution is -2.35. The van der Waals surface area contributed by atoms with Crippen molar-refractivity contribution in [3.05, 3.63) is 24.3 Å². The molecule has 0 saturated heterocycles. The lowest BCUT2D eigenvalue weighted by Gasteiger charge is -2.10. The summed E-state index contributed by atoms with van der Waals surface area (Å²) in [4.78, 5) is 47.5. The highest BCUT2D eigenvalue weighted by molar-refractivity contribution is 7.87. The fraction of sp³-hybridized carbons (Fsp3) is 0.692. The van der Waals surface area contributed by atoms with Gasteiger partial charge in [-0.1, -0.05) is 90.2 Å². The summed E-state index contributed by atoms with van der Waals surface area (Å²) in [5, 5.41) is -2.39. The quantitative estimate of drug-likeness (QED) is 0.0721. The minimum atomic E-state index is -5.10. The van der Waals surface area contributed by atoms with Crippen molar-refractivity contribution in [3.8, 4) is 0 Å². The molecule has 0 aliphatic heterocycles. The zero-order valence-electron chi connectivity index (χ0n) is 21.6. The Morgan fingerprint density at radius 2 is 1.11 bits per heavy atom. The molecule has 0 bridgehead atoms. The number of hydrogen-bond acceptors (Lipinski definition) is 8. The molecule has 0 amide bonds. The normalized spacial score (nSPS) is 12.6. The molecule has 0 aliphatic rings. The molecule has 1 N–H and O–H groups in total. The van der Waals surface area contributed by atoms with Gasteiger partial charge in [0.05, 0.1) is 6.42 Å². The van der Waals surface area contributed by atoms with Gasteiger partial charge in [0, 0.05) is 12.2 Å². The fourth-order valence-electron chi connectivity index (χ4n) is 3.29. The van der Waals surface area contributed by atoms with Gasteiger partial charge in [0.25, 0.3) is 10.1 Å². The zero-order chi connectivity index (χ0) is 27.2. The van der Waals surface area contributed by atoms with Crippen LogP contribution < -0.4 is 0 Å². The minimum absolute atomic E-state index is 0.581. The van der Waals surface area contributed by atoms with Crippen molar-refractivity contribution >= 4 is 34.0 Å². The molecular formula is C26H42O9S. The smallest absolute Gasteiger partial charge is 0.338 e. The van der Waals surface area contributed by atoms with Crippen LogP contribution in [0.15, 0.2) is 24.3 Å². The summed E-state index contributed by atoms with van der Waals surface area (Å²) >= 11 is 0. The monoisotopic (exact) mass is 530 g/mol. The van der Waals surface area contributed by atoms with Crippen molar-refractivity contribution in [2.75, 3.05) is 0 Å². The molecule has 36 heavy (non-hydrogen) atoms. The molecule has 0 aromatic carbocycles.